The molecule has 0 radical (unpaired) electrons. The van der Waals surface area contributed by atoms with Crippen molar-refractivity contribution in [3.05, 3.63) is 58.8 Å². The number of halogens is 2. The van der Waals surface area contributed by atoms with Gasteiger partial charge in [0.05, 0.1) is 10.7 Å². The van der Waals surface area contributed by atoms with Crippen LogP contribution >= 0.6 is 23.2 Å². The Morgan fingerprint density at radius 2 is 2.08 bits per heavy atom. The van der Waals surface area contributed by atoms with Gasteiger partial charge in [-0.25, -0.2) is 4.68 Å². The van der Waals surface area contributed by atoms with Crippen LogP contribution in [0.4, 0.5) is 5.69 Å². The fourth-order valence-corrected chi connectivity index (χ4v) is 2.40. The predicted molar refractivity (Wildman–Crippen MR) is 89.7 cm³/mol. The highest BCUT2D eigenvalue weighted by Crippen LogP contribution is 2.27. The van der Waals surface area contributed by atoms with Crippen molar-refractivity contribution in [2.75, 3.05) is 11.9 Å². The van der Waals surface area contributed by atoms with Gasteiger partial charge in [0.2, 0.25) is 0 Å². The fourth-order valence-electron chi connectivity index (χ4n) is 1.94. The van der Waals surface area contributed by atoms with Gasteiger partial charge in [0, 0.05) is 10.7 Å². The first-order chi connectivity index (χ1) is 11.6. The van der Waals surface area contributed by atoms with Crippen LogP contribution < -0.4 is 10.1 Å². The molecule has 1 aromatic heterocycles. The molecule has 0 aliphatic heterocycles. The number of nitrogens with zero attached hydrogens (tertiary/aromatic N) is 4. The summed E-state index contributed by atoms with van der Waals surface area (Å²) in [4.78, 5) is 12.0. The molecule has 0 saturated carbocycles. The number of amides is 1. The van der Waals surface area contributed by atoms with Crippen molar-refractivity contribution in [1.82, 2.24) is 20.2 Å². The van der Waals surface area contributed by atoms with Gasteiger partial charge in [-0.2, -0.15) is 0 Å². The lowest BCUT2D eigenvalue weighted by Gasteiger charge is -2.09. The summed E-state index contributed by atoms with van der Waals surface area (Å²) in [5.41, 5.74) is 1.32. The van der Waals surface area contributed by atoms with Crippen LogP contribution in [0, 0.1) is 0 Å². The zero-order chi connectivity index (χ0) is 16.9. The van der Waals surface area contributed by atoms with Gasteiger partial charge < -0.3 is 10.1 Å². The lowest BCUT2D eigenvalue weighted by molar-refractivity contribution is -0.118. The Balaban J connectivity index is 1.62. The number of carbonyl (C=O) groups is 1. The molecule has 0 spiro atoms. The van der Waals surface area contributed by atoms with Crippen LogP contribution in [0.1, 0.15) is 0 Å². The monoisotopic (exact) mass is 363 g/mol. The quantitative estimate of drug-likeness (QED) is 0.753. The van der Waals surface area contributed by atoms with Crippen molar-refractivity contribution in [2.45, 2.75) is 0 Å². The number of aromatic nitrogens is 4. The number of hydrogen-bond donors (Lipinski definition) is 1. The van der Waals surface area contributed by atoms with E-state index in [0.717, 1.165) is 5.69 Å². The minimum atomic E-state index is -0.324. The Kier molecular flexibility index (Phi) is 4.93. The van der Waals surface area contributed by atoms with Gasteiger partial charge in [0.15, 0.2) is 6.61 Å². The lowest BCUT2D eigenvalue weighted by atomic mass is 10.3. The van der Waals surface area contributed by atoms with E-state index in [9.17, 15) is 4.79 Å². The largest absolute Gasteiger partial charge is 0.482 e. The highest BCUT2D eigenvalue weighted by Gasteiger charge is 2.08. The van der Waals surface area contributed by atoms with Gasteiger partial charge in [-0.3, -0.25) is 4.79 Å². The number of hydrogen-bond acceptors (Lipinski definition) is 5. The zero-order valence-corrected chi connectivity index (χ0v) is 13.7. The van der Waals surface area contributed by atoms with Crippen LogP contribution in [0.3, 0.4) is 0 Å². The van der Waals surface area contributed by atoms with E-state index < -0.39 is 0 Å². The molecule has 1 heterocycles. The molecule has 2 aromatic carbocycles. The standard InChI is InChI=1S/C15H11Cl2N5O2/c16-10-4-5-14(13(17)6-10)24-8-15(23)19-11-2-1-3-12(7-11)22-9-18-20-21-22/h1-7,9H,8H2,(H,19,23). The van der Waals surface area contributed by atoms with Gasteiger partial charge in [0.1, 0.15) is 12.1 Å². The zero-order valence-electron chi connectivity index (χ0n) is 12.2. The molecular weight excluding hydrogens is 353 g/mol. The molecule has 0 saturated heterocycles. The summed E-state index contributed by atoms with van der Waals surface area (Å²) in [5, 5.41) is 14.5. The number of carbonyl (C=O) groups excluding carboxylic acids is 1. The molecule has 0 fully saturated rings. The van der Waals surface area contributed by atoms with Crippen LogP contribution in [0.2, 0.25) is 10.0 Å². The first-order valence-electron chi connectivity index (χ1n) is 6.83. The molecule has 0 unspecified atom stereocenters. The third-order valence-electron chi connectivity index (χ3n) is 3.00. The summed E-state index contributed by atoms with van der Waals surface area (Å²) in [5.74, 6) is 0.0635. The molecule has 1 amide bonds. The average Bonchev–Trinajstić information content (AvgIpc) is 3.09. The minimum absolute atomic E-state index is 0.184. The molecule has 1 N–H and O–H groups in total. The van der Waals surface area contributed by atoms with Gasteiger partial charge in [-0.05, 0) is 46.8 Å². The number of rotatable bonds is 5. The summed E-state index contributed by atoms with van der Waals surface area (Å²) in [6.45, 7) is -0.184. The number of tetrazole rings is 1. The third kappa shape index (κ3) is 4.01. The highest BCUT2D eigenvalue weighted by atomic mass is 35.5. The van der Waals surface area contributed by atoms with Crippen molar-refractivity contribution < 1.29 is 9.53 Å². The predicted octanol–water partition coefficient (Wildman–Crippen LogP) is 2.99. The van der Waals surface area contributed by atoms with E-state index in [2.05, 4.69) is 20.8 Å². The molecule has 0 aliphatic carbocycles. The Bertz CT molecular complexity index is 855. The Morgan fingerprint density at radius 3 is 2.83 bits per heavy atom. The molecule has 9 heteroatoms. The summed E-state index contributed by atoms with van der Waals surface area (Å²) in [7, 11) is 0. The second-order valence-corrected chi connectivity index (χ2v) is 5.56. The molecule has 24 heavy (non-hydrogen) atoms. The SMILES string of the molecule is O=C(COc1ccc(Cl)cc1Cl)Nc1cccc(-n2cnnn2)c1. The molecule has 0 bridgehead atoms. The molecule has 7 nitrogen and oxygen atoms in total. The molecular formula is C15H11Cl2N5O2. The maximum atomic E-state index is 12.0. The Labute approximate surface area is 147 Å². The Hall–Kier alpha value is -2.64. The minimum Gasteiger partial charge on any atom is -0.482 e. The lowest BCUT2D eigenvalue weighted by Crippen LogP contribution is -2.20. The van der Waals surface area contributed by atoms with Gasteiger partial charge in [-0.15, -0.1) is 5.10 Å². The van der Waals surface area contributed by atoms with E-state index in [1.54, 1.807) is 36.4 Å². The summed E-state index contributed by atoms with van der Waals surface area (Å²) >= 11 is 11.8. The van der Waals surface area contributed by atoms with Crippen LogP contribution in [0.5, 0.6) is 5.75 Å². The maximum Gasteiger partial charge on any atom is 0.262 e. The third-order valence-corrected chi connectivity index (χ3v) is 3.53. The molecule has 3 aromatic rings. The number of anilines is 1. The first-order valence-corrected chi connectivity index (χ1v) is 7.58. The fraction of sp³-hybridized carbons (Fsp3) is 0.0667. The van der Waals surface area contributed by atoms with Crippen LogP contribution in [0.15, 0.2) is 48.8 Å². The van der Waals surface area contributed by atoms with E-state index in [4.69, 9.17) is 27.9 Å². The number of benzene rings is 2. The van der Waals surface area contributed by atoms with Crippen LogP contribution in [0.25, 0.3) is 5.69 Å². The van der Waals surface area contributed by atoms with Crippen molar-refractivity contribution in [2.24, 2.45) is 0 Å². The highest BCUT2D eigenvalue weighted by molar-refractivity contribution is 6.35. The van der Waals surface area contributed by atoms with Gasteiger partial charge >= 0.3 is 0 Å². The van der Waals surface area contributed by atoms with E-state index >= 15 is 0 Å². The summed E-state index contributed by atoms with van der Waals surface area (Å²) in [6, 6.07) is 11.9. The second kappa shape index (κ2) is 7.29. The number of ether oxygens (including phenoxy) is 1. The summed E-state index contributed by atoms with van der Waals surface area (Å²) < 4.78 is 6.87. The van der Waals surface area contributed by atoms with Crippen molar-refractivity contribution in [1.29, 1.82) is 0 Å². The van der Waals surface area contributed by atoms with Gasteiger partial charge in [-0.1, -0.05) is 29.3 Å². The van der Waals surface area contributed by atoms with Crippen LogP contribution in [-0.2, 0) is 4.79 Å². The molecule has 0 aliphatic rings. The van der Waals surface area contributed by atoms with E-state index in [1.807, 2.05) is 6.07 Å². The van der Waals surface area contributed by atoms with E-state index in [-0.39, 0.29) is 12.5 Å². The van der Waals surface area contributed by atoms with E-state index in [0.29, 0.717) is 21.5 Å². The van der Waals surface area contributed by atoms with Crippen LogP contribution in [-0.4, -0.2) is 32.7 Å². The molecule has 3 rings (SSSR count). The Morgan fingerprint density at radius 1 is 1.21 bits per heavy atom. The smallest absolute Gasteiger partial charge is 0.262 e. The second-order valence-electron chi connectivity index (χ2n) is 4.72. The van der Waals surface area contributed by atoms with E-state index in [1.165, 1.54) is 11.0 Å². The topological polar surface area (TPSA) is 81.9 Å². The first kappa shape index (κ1) is 16.2. The van der Waals surface area contributed by atoms with Gasteiger partial charge in [0.25, 0.3) is 5.91 Å². The van der Waals surface area contributed by atoms with Crippen molar-refractivity contribution >= 4 is 34.8 Å². The van der Waals surface area contributed by atoms with Crippen molar-refractivity contribution in [3.63, 3.8) is 0 Å². The molecule has 122 valence electrons. The molecule has 0 atom stereocenters. The summed E-state index contributed by atoms with van der Waals surface area (Å²) in [6.07, 6.45) is 1.46. The van der Waals surface area contributed by atoms with Crippen molar-refractivity contribution in [3.8, 4) is 11.4 Å². The normalized spacial score (nSPS) is 10.4. The average molecular weight is 364 g/mol. The maximum absolute atomic E-state index is 12.0. The number of nitrogens with one attached hydrogen (secondary N) is 1.